The molecule has 0 saturated heterocycles. The summed E-state index contributed by atoms with van der Waals surface area (Å²) in [6.07, 6.45) is 3.07. The number of rotatable bonds is 6. The normalized spacial score (nSPS) is 14.5. The molecule has 0 fully saturated rings. The third-order valence-electron chi connectivity index (χ3n) is 2.23. The summed E-state index contributed by atoms with van der Waals surface area (Å²) in [5.74, 6) is 1.57. The van der Waals surface area contributed by atoms with Crippen molar-refractivity contribution in [2.24, 2.45) is 11.8 Å². The van der Waals surface area contributed by atoms with Gasteiger partial charge in [0.05, 0.1) is 0 Å². The van der Waals surface area contributed by atoms with E-state index in [0.29, 0.717) is 12.8 Å². The Morgan fingerprint density at radius 1 is 1.07 bits per heavy atom. The summed E-state index contributed by atoms with van der Waals surface area (Å²) in [5, 5.41) is 0. The van der Waals surface area contributed by atoms with E-state index in [1.807, 2.05) is 26.0 Å². The number of hydrogen-bond donors (Lipinski definition) is 0. The lowest BCUT2D eigenvalue weighted by Gasteiger charge is -2.01. The summed E-state index contributed by atoms with van der Waals surface area (Å²) in [4.78, 5) is 20.9. The van der Waals surface area contributed by atoms with E-state index < -0.39 is 0 Å². The van der Waals surface area contributed by atoms with Crippen LogP contribution in [-0.2, 0) is 22.4 Å². The standard InChI is InChI=1S/C12H16O3/c1-9(7-13)5-11-3-4-12(15-11)6-10(2)8-14/h3-4,7-10H,5-6H2,1-2H3. The van der Waals surface area contributed by atoms with Gasteiger partial charge in [0.1, 0.15) is 24.1 Å². The largest absolute Gasteiger partial charge is 0.466 e. The minimum Gasteiger partial charge on any atom is -0.466 e. The zero-order valence-electron chi connectivity index (χ0n) is 9.10. The molecule has 0 bridgehead atoms. The molecule has 0 amide bonds. The minimum atomic E-state index is -0.0208. The molecule has 0 radical (unpaired) electrons. The molecule has 1 aromatic heterocycles. The molecule has 0 spiro atoms. The van der Waals surface area contributed by atoms with Gasteiger partial charge in [-0.15, -0.1) is 0 Å². The first-order valence-corrected chi connectivity index (χ1v) is 5.14. The zero-order valence-corrected chi connectivity index (χ0v) is 9.10. The highest BCUT2D eigenvalue weighted by Gasteiger charge is 2.09. The molecule has 1 heterocycles. The molecule has 3 nitrogen and oxygen atoms in total. The second-order valence-corrected chi connectivity index (χ2v) is 4.00. The van der Waals surface area contributed by atoms with Gasteiger partial charge in [-0.3, -0.25) is 0 Å². The van der Waals surface area contributed by atoms with E-state index in [4.69, 9.17) is 4.42 Å². The van der Waals surface area contributed by atoms with Crippen LogP contribution in [0.3, 0.4) is 0 Å². The summed E-state index contributed by atoms with van der Waals surface area (Å²) < 4.78 is 5.51. The Morgan fingerprint density at radius 2 is 1.47 bits per heavy atom. The molecule has 0 aliphatic carbocycles. The molecule has 1 aromatic rings. The lowest BCUT2D eigenvalue weighted by Crippen LogP contribution is -2.00. The van der Waals surface area contributed by atoms with Crippen LogP contribution in [0, 0.1) is 11.8 Å². The SMILES string of the molecule is CC(C=O)Cc1ccc(CC(C)C=O)o1. The molecule has 0 aliphatic rings. The Labute approximate surface area is 89.5 Å². The molecule has 82 valence electrons. The number of aldehydes is 2. The van der Waals surface area contributed by atoms with E-state index in [0.717, 1.165) is 24.1 Å². The van der Waals surface area contributed by atoms with Crippen LogP contribution in [0.2, 0.25) is 0 Å². The molecular formula is C12H16O3. The third kappa shape index (κ3) is 3.70. The van der Waals surface area contributed by atoms with E-state index in [1.54, 1.807) is 0 Å². The van der Waals surface area contributed by atoms with Crippen LogP contribution in [0.15, 0.2) is 16.5 Å². The van der Waals surface area contributed by atoms with Gasteiger partial charge in [0.25, 0.3) is 0 Å². The van der Waals surface area contributed by atoms with Crippen molar-refractivity contribution in [3.63, 3.8) is 0 Å². The number of furan rings is 1. The van der Waals surface area contributed by atoms with Crippen LogP contribution in [0.4, 0.5) is 0 Å². The lowest BCUT2D eigenvalue weighted by atomic mass is 10.1. The first kappa shape index (κ1) is 11.7. The van der Waals surface area contributed by atoms with E-state index in [2.05, 4.69) is 0 Å². The molecule has 0 aliphatic heterocycles. The topological polar surface area (TPSA) is 47.3 Å². The van der Waals surface area contributed by atoms with Gasteiger partial charge in [-0.05, 0) is 12.1 Å². The van der Waals surface area contributed by atoms with Gasteiger partial charge in [-0.1, -0.05) is 13.8 Å². The van der Waals surface area contributed by atoms with Crippen LogP contribution >= 0.6 is 0 Å². The summed E-state index contributed by atoms with van der Waals surface area (Å²) in [5.41, 5.74) is 0. The van der Waals surface area contributed by atoms with Crippen LogP contribution in [0.5, 0.6) is 0 Å². The lowest BCUT2D eigenvalue weighted by molar-refractivity contribution is -0.111. The summed E-state index contributed by atoms with van der Waals surface area (Å²) >= 11 is 0. The first-order valence-electron chi connectivity index (χ1n) is 5.14. The molecule has 2 atom stereocenters. The highest BCUT2D eigenvalue weighted by atomic mass is 16.3. The predicted octanol–water partition coefficient (Wildman–Crippen LogP) is 2.03. The highest BCUT2D eigenvalue weighted by molar-refractivity contribution is 5.53. The van der Waals surface area contributed by atoms with Crippen LogP contribution in [-0.4, -0.2) is 12.6 Å². The quantitative estimate of drug-likeness (QED) is 0.672. The van der Waals surface area contributed by atoms with Gasteiger partial charge in [0.2, 0.25) is 0 Å². The van der Waals surface area contributed by atoms with Gasteiger partial charge in [-0.25, -0.2) is 0 Å². The van der Waals surface area contributed by atoms with E-state index in [-0.39, 0.29) is 11.8 Å². The fourth-order valence-electron chi connectivity index (χ4n) is 1.37. The highest BCUT2D eigenvalue weighted by Crippen LogP contribution is 2.14. The Hall–Kier alpha value is -1.38. The molecule has 0 aromatic carbocycles. The van der Waals surface area contributed by atoms with E-state index in [9.17, 15) is 9.59 Å². The van der Waals surface area contributed by atoms with Gasteiger partial charge < -0.3 is 14.0 Å². The molecular weight excluding hydrogens is 192 g/mol. The Balaban J connectivity index is 2.55. The second-order valence-electron chi connectivity index (χ2n) is 4.00. The number of carbonyl (C=O) groups is 2. The molecule has 3 heteroatoms. The fraction of sp³-hybridized carbons (Fsp3) is 0.500. The van der Waals surface area contributed by atoms with Crippen molar-refractivity contribution in [3.8, 4) is 0 Å². The fourth-order valence-corrected chi connectivity index (χ4v) is 1.37. The van der Waals surface area contributed by atoms with Gasteiger partial charge in [-0.2, -0.15) is 0 Å². The Bertz CT molecular complexity index is 297. The summed E-state index contributed by atoms with van der Waals surface area (Å²) in [6.45, 7) is 3.70. The molecule has 1 rings (SSSR count). The Kier molecular flexibility index (Phi) is 4.28. The summed E-state index contributed by atoms with van der Waals surface area (Å²) in [7, 11) is 0. The van der Waals surface area contributed by atoms with Gasteiger partial charge in [0.15, 0.2) is 0 Å². The maximum absolute atomic E-state index is 10.5. The van der Waals surface area contributed by atoms with E-state index in [1.165, 1.54) is 0 Å². The van der Waals surface area contributed by atoms with Gasteiger partial charge >= 0.3 is 0 Å². The van der Waals surface area contributed by atoms with Crippen LogP contribution < -0.4 is 0 Å². The summed E-state index contributed by atoms with van der Waals surface area (Å²) in [6, 6.07) is 3.74. The molecule has 15 heavy (non-hydrogen) atoms. The van der Waals surface area contributed by atoms with Crippen LogP contribution in [0.25, 0.3) is 0 Å². The monoisotopic (exact) mass is 208 g/mol. The zero-order chi connectivity index (χ0) is 11.3. The smallest absolute Gasteiger partial charge is 0.123 e. The van der Waals surface area contributed by atoms with Crippen molar-refractivity contribution >= 4 is 12.6 Å². The first-order chi connectivity index (χ1) is 7.15. The third-order valence-corrected chi connectivity index (χ3v) is 2.23. The molecule has 0 N–H and O–H groups in total. The van der Waals surface area contributed by atoms with E-state index >= 15 is 0 Å². The van der Waals surface area contributed by atoms with Crippen molar-refractivity contribution < 1.29 is 14.0 Å². The maximum atomic E-state index is 10.5. The van der Waals surface area contributed by atoms with Crippen molar-refractivity contribution in [2.45, 2.75) is 26.7 Å². The van der Waals surface area contributed by atoms with Crippen molar-refractivity contribution in [2.75, 3.05) is 0 Å². The van der Waals surface area contributed by atoms with Crippen molar-refractivity contribution in [3.05, 3.63) is 23.7 Å². The number of hydrogen-bond acceptors (Lipinski definition) is 3. The average Bonchev–Trinajstić information content (AvgIpc) is 2.65. The number of carbonyl (C=O) groups excluding carboxylic acids is 2. The van der Waals surface area contributed by atoms with Gasteiger partial charge in [0, 0.05) is 24.7 Å². The predicted molar refractivity (Wildman–Crippen MR) is 56.6 cm³/mol. The molecule has 0 saturated carbocycles. The average molecular weight is 208 g/mol. The van der Waals surface area contributed by atoms with Crippen molar-refractivity contribution in [1.29, 1.82) is 0 Å². The van der Waals surface area contributed by atoms with Crippen molar-refractivity contribution in [1.82, 2.24) is 0 Å². The molecule has 2 unspecified atom stereocenters. The maximum Gasteiger partial charge on any atom is 0.123 e. The second kappa shape index (κ2) is 5.49. The van der Waals surface area contributed by atoms with Crippen LogP contribution in [0.1, 0.15) is 25.4 Å². The Morgan fingerprint density at radius 3 is 1.80 bits per heavy atom. The minimum absolute atomic E-state index is 0.0208.